The van der Waals surface area contributed by atoms with Crippen LogP contribution in [0.3, 0.4) is 0 Å². The van der Waals surface area contributed by atoms with E-state index < -0.39 is 69.4 Å². The molecule has 96 heavy (non-hydrogen) atoms. The zero-order chi connectivity index (χ0) is 70.7. The molecule has 7 heterocycles. The maximum absolute atomic E-state index is 12.6. The molecule has 0 bridgehead atoms. The van der Waals surface area contributed by atoms with Crippen molar-refractivity contribution >= 4 is 150 Å². The molecule has 26 nitrogen and oxygen atoms in total. The Labute approximate surface area is 582 Å². The van der Waals surface area contributed by atoms with Crippen LogP contribution in [0, 0.1) is 11.3 Å². The van der Waals surface area contributed by atoms with Gasteiger partial charge in [0.25, 0.3) is 29.5 Å². The molecule has 36 heteroatoms. The van der Waals surface area contributed by atoms with Crippen molar-refractivity contribution in [2.75, 3.05) is 14.1 Å². The van der Waals surface area contributed by atoms with Crippen LogP contribution in [-0.4, -0.2) is 196 Å². The number of hydrogen-bond donors (Lipinski definition) is 9. The van der Waals surface area contributed by atoms with Crippen LogP contribution in [0.25, 0.3) is 0 Å². The van der Waals surface area contributed by atoms with Gasteiger partial charge in [-0.15, -0.1) is 0 Å². The Hall–Kier alpha value is -6.04. The average Bonchev–Trinajstić information content (AvgIpc) is 1.62. The van der Waals surface area contributed by atoms with Gasteiger partial charge in [0.15, 0.2) is 0 Å². The van der Waals surface area contributed by atoms with Gasteiger partial charge in [-0.2, -0.15) is 5.26 Å². The first-order valence-electron chi connectivity index (χ1n) is 30.8. The Kier molecular flexibility index (Phi) is 24.1. The molecule has 0 atom stereocenters. The predicted molar refractivity (Wildman–Crippen MR) is 363 cm³/mol. The van der Waals surface area contributed by atoms with Crippen LogP contribution in [0.15, 0.2) is 61.3 Å². The molecule has 5 amide bonds. The first kappa shape index (κ1) is 75.7. The molecule has 0 radical (unpaired) electrons. The van der Waals surface area contributed by atoms with Gasteiger partial charge < -0.3 is 74.5 Å². The minimum absolute atomic E-state index is 0.0174. The molecule has 0 aromatic carbocycles. The van der Waals surface area contributed by atoms with Crippen LogP contribution < -0.4 is 43.3 Å². The Bertz CT molecular complexity index is 3750. The summed E-state index contributed by atoms with van der Waals surface area (Å²) in [4.78, 5) is 83.3. The number of hydrogen-bond acceptors (Lipinski definition) is 21. The van der Waals surface area contributed by atoms with Crippen LogP contribution in [0.4, 0.5) is 0 Å². The van der Waals surface area contributed by atoms with Gasteiger partial charge in [0.05, 0.1) is 56.3 Å². The van der Waals surface area contributed by atoms with Crippen LogP contribution in [-0.2, 0) is 18.6 Å². The molecule has 5 saturated carbocycles. The van der Waals surface area contributed by atoms with Crippen molar-refractivity contribution < 1.29 is 72.7 Å². The number of halogens is 5. The molecule has 508 valence electrons. The summed E-state index contributed by atoms with van der Waals surface area (Å²) in [5.41, 5.74) is 0.348. The fourth-order valence-corrected chi connectivity index (χ4v) is 9.97. The monoisotopic (exact) mass is 1420 g/mol. The van der Waals surface area contributed by atoms with E-state index in [1.165, 1.54) is 36.8 Å². The number of aromatic nitrogens is 5. The van der Waals surface area contributed by atoms with Crippen molar-refractivity contribution in [1.82, 2.24) is 50.7 Å². The van der Waals surface area contributed by atoms with Gasteiger partial charge in [-0.3, -0.25) is 24.0 Å². The normalized spacial score (nSPS) is 18.5. The summed E-state index contributed by atoms with van der Waals surface area (Å²) in [5.74, 6) is -1.43. The molecule has 0 unspecified atom stereocenters. The van der Waals surface area contributed by atoms with Crippen molar-refractivity contribution in [3.05, 3.63) is 115 Å². The predicted octanol–water partition coefficient (Wildman–Crippen LogP) is 2.35. The standard InChI is InChI=1S/C16H22BClN2O3.C15H20BClN2O3.C10H9BClN3O3.C10H12BClN2O3.C9H10BClN2O3/c1-15(2)16(3,4)23-17(22-15)10-8-12(13(18)19-9-10)14(21)20(5)11-6-7-11;1-14(2)15(3,4)22-16(21-14)9-7-11(12(17)18-8-9)13(20)19-10-5-6-10;12-8-7(3-6(4-14-8)11(17)18)9(16)15-10(5-13)1-2-10;1-14(7-2-3-7)10(15)8-4-6(11(16)17)5-13-9(8)12;11-8-7(9(14)13-6-1-2-6)3-5(4-12-8)10(15)16/h8-9,11H,6-7H2,1-5H3;7-8,10H,5-6H2,1-4H3,(H,19,20);3-4,17-18H,1-2H2,(H,15,16);4-5,7,16-17H,2-3H2,1H3;3-4,6,15-16H,1-2H2,(H,13,14). The summed E-state index contributed by atoms with van der Waals surface area (Å²) >= 11 is 29.6. The summed E-state index contributed by atoms with van der Waals surface area (Å²) in [7, 11) is -2.64. The summed E-state index contributed by atoms with van der Waals surface area (Å²) < 4.78 is 24.0. The Morgan fingerprint density at radius 1 is 0.479 bits per heavy atom. The third kappa shape index (κ3) is 19.2. The van der Waals surface area contributed by atoms with E-state index in [-0.39, 0.29) is 101 Å². The van der Waals surface area contributed by atoms with E-state index in [1.54, 1.807) is 48.4 Å². The molecule has 2 aliphatic heterocycles. The highest BCUT2D eigenvalue weighted by molar-refractivity contribution is 6.63. The van der Waals surface area contributed by atoms with Crippen molar-refractivity contribution in [2.45, 2.75) is 172 Å². The van der Waals surface area contributed by atoms with Crippen molar-refractivity contribution in [3.63, 3.8) is 0 Å². The number of nitrogens with zero attached hydrogens (tertiary/aromatic N) is 8. The lowest BCUT2D eigenvalue weighted by Gasteiger charge is -2.32. The van der Waals surface area contributed by atoms with E-state index in [4.69, 9.17) is 112 Å². The molecule has 0 spiro atoms. The minimum atomic E-state index is -1.73. The number of carbonyl (C=O) groups is 5. The lowest BCUT2D eigenvalue weighted by Crippen LogP contribution is -2.41. The van der Waals surface area contributed by atoms with Gasteiger partial charge in [-0.1, -0.05) is 58.0 Å². The largest absolute Gasteiger partial charge is 0.496 e. The van der Waals surface area contributed by atoms with Crippen LogP contribution in [0.5, 0.6) is 0 Å². The molecule has 5 aromatic heterocycles. The summed E-state index contributed by atoms with van der Waals surface area (Å²) in [5, 5.41) is 71.5. The highest BCUT2D eigenvalue weighted by Crippen LogP contribution is 2.39. The van der Waals surface area contributed by atoms with E-state index >= 15 is 0 Å². The molecule has 2 saturated heterocycles. The third-order valence-corrected chi connectivity index (χ3v) is 18.9. The molecule has 5 aromatic rings. The van der Waals surface area contributed by atoms with E-state index in [0.29, 0.717) is 40.9 Å². The lowest BCUT2D eigenvalue weighted by molar-refractivity contribution is 0.00578. The van der Waals surface area contributed by atoms with Gasteiger partial charge in [0.2, 0.25) is 0 Å². The van der Waals surface area contributed by atoms with Gasteiger partial charge in [-0.05, 0) is 150 Å². The SMILES string of the molecule is CC1(C)OB(c2cnc(Cl)c(C(=O)NC3CC3)c2)OC1(C)C.CN(C(=O)c1cc(B(O)O)cnc1Cl)C1CC1.CN(C(=O)c1cc(B2OC(C)(C)C(C)(C)O2)cnc1Cl)C1CC1.N#CC1(NC(=O)c2cc(B(O)O)cnc2Cl)CC1.O=C(NC1CC1)c1cc(B(O)O)cnc1Cl. The molecule has 5 aliphatic carbocycles. The smallest absolute Gasteiger partial charge is 0.423 e. The van der Waals surface area contributed by atoms with Gasteiger partial charge >= 0.3 is 35.6 Å². The van der Waals surface area contributed by atoms with E-state index in [0.717, 1.165) is 51.4 Å². The number of nitrogens with one attached hydrogen (secondary N) is 3. The Balaban J connectivity index is 0.000000155. The summed E-state index contributed by atoms with van der Waals surface area (Å²) in [6.07, 6.45) is 16.1. The second kappa shape index (κ2) is 30.6. The van der Waals surface area contributed by atoms with Crippen LogP contribution in [0.1, 0.15) is 171 Å². The highest BCUT2D eigenvalue weighted by atomic mass is 35.5. The fourth-order valence-electron chi connectivity index (χ4n) is 9.03. The topological polar surface area (TPSA) is 374 Å². The number of amides is 5. The zero-order valence-electron chi connectivity index (χ0n) is 54.4. The number of nitriles is 1. The fraction of sp³-hybridized carbons (Fsp3) is 0.483. The van der Waals surface area contributed by atoms with Gasteiger partial charge in [0.1, 0.15) is 31.3 Å². The molecule has 12 rings (SSSR count). The maximum Gasteiger partial charge on any atom is 0.496 e. The molecule has 9 N–H and O–H groups in total. The number of pyridine rings is 5. The van der Waals surface area contributed by atoms with Crippen LogP contribution >= 0.6 is 58.0 Å². The third-order valence-electron chi connectivity index (χ3n) is 17.4. The Morgan fingerprint density at radius 2 is 0.760 bits per heavy atom. The van der Waals surface area contributed by atoms with Crippen molar-refractivity contribution in [2.24, 2.45) is 0 Å². The Morgan fingerprint density at radius 3 is 1.06 bits per heavy atom. The first-order valence-corrected chi connectivity index (χ1v) is 32.7. The molecular formula is C60H73B5Cl5N11O15. The summed E-state index contributed by atoms with van der Waals surface area (Å²) in [6.45, 7) is 15.9. The lowest BCUT2D eigenvalue weighted by atomic mass is 9.79. The van der Waals surface area contributed by atoms with E-state index in [9.17, 15) is 24.0 Å². The van der Waals surface area contributed by atoms with Gasteiger partial charge in [0, 0.05) is 96.6 Å². The molecule has 7 fully saturated rings. The second-order valence-electron chi connectivity index (χ2n) is 26.3. The first-order chi connectivity index (χ1) is 44.9. The quantitative estimate of drug-likeness (QED) is 0.0536. The minimum Gasteiger partial charge on any atom is -0.423 e. The maximum atomic E-state index is 12.6. The van der Waals surface area contributed by atoms with E-state index in [2.05, 4.69) is 40.9 Å². The van der Waals surface area contributed by atoms with E-state index in [1.807, 2.05) is 61.5 Å². The molecule has 7 aliphatic rings. The van der Waals surface area contributed by atoms with Gasteiger partial charge in [-0.25, -0.2) is 24.9 Å². The number of rotatable bonds is 15. The average molecular weight is 1420 g/mol. The summed E-state index contributed by atoms with van der Waals surface area (Å²) in [6, 6.07) is 10.5. The van der Waals surface area contributed by atoms with Crippen molar-refractivity contribution in [3.8, 4) is 6.07 Å². The molecular weight excluding hydrogens is 1350 g/mol. The second-order valence-corrected chi connectivity index (χ2v) is 28.1. The number of carbonyl (C=O) groups excluding carboxylic acids is 5. The van der Waals surface area contributed by atoms with Crippen LogP contribution in [0.2, 0.25) is 25.8 Å². The zero-order valence-corrected chi connectivity index (χ0v) is 58.1. The van der Waals surface area contributed by atoms with Crippen molar-refractivity contribution in [1.29, 1.82) is 5.26 Å². The highest BCUT2D eigenvalue weighted by Gasteiger charge is 2.53.